The summed E-state index contributed by atoms with van der Waals surface area (Å²) < 4.78 is 23.0. The second-order valence-electron chi connectivity index (χ2n) is 8.12. The molecule has 1 N–H and O–H groups in total. The van der Waals surface area contributed by atoms with Gasteiger partial charge in [0.1, 0.15) is 24.8 Å². The highest BCUT2D eigenvalue weighted by Crippen LogP contribution is 2.14. The van der Waals surface area contributed by atoms with E-state index in [-0.39, 0.29) is 23.2 Å². The van der Waals surface area contributed by atoms with Gasteiger partial charge in [-0.2, -0.15) is 0 Å². The van der Waals surface area contributed by atoms with Crippen molar-refractivity contribution in [1.29, 1.82) is 0 Å². The molecular weight excluding hydrogens is 459 g/mol. The van der Waals surface area contributed by atoms with Gasteiger partial charge in [-0.15, -0.1) is 0 Å². The number of esters is 1. The van der Waals surface area contributed by atoms with Crippen LogP contribution in [0.4, 0.5) is 4.39 Å². The Hall–Kier alpha value is -4.09. The number of fused-ring (bicyclic) bond motifs is 2. The molecule has 0 aliphatic rings. The van der Waals surface area contributed by atoms with Crippen LogP contribution < -0.4 is 16.8 Å². The molecule has 0 bridgehead atoms. The molecule has 3 heterocycles. The summed E-state index contributed by atoms with van der Waals surface area (Å²) in [5, 5.41) is 0.0503. The van der Waals surface area contributed by atoms with Crippen molar-refractivity contribution in [2.24, 2.45) is 0 Å². The lowest BCUT2D eigenvalue weighted by Gasteiger charge is -2.09. The number of rotatable bonds is 9. The molecular formula is C23H25FN6O5. The minimum Gasteiger partial charge on any atom is -0.456 e. The third kappa shape index (κ3) is 4.77. The van der Waals surface area contributed by atoms with Crippen LogP contribution in [0.15, 0.2) is 38.9 Å². The van der Waals surface area contributed by atoms with Gasteiger partial charge < -0.3 is 9.30 Å². The zero-order valence-corrected chi connectivity index (χ0v) is 19.4. The molecule has 0 amide bonds. The zero-order chi connectivity index (χ0) is 25.1. The van der Waals surface area contributed by atoms with E-state index in [1.54, 1.807) is 4.57 Å². The van der Waals surface area contributed by atoms with Crippen molar-refractivity contribution in [3.63, 3.8) is 0 Å². The summed E-state index contributed by atoms with van der Waals surface area (Å²) in [6, 6.07) is 3.65. The fourth-order valence-electron chi connectivity index (χ4n) is 3.89. The molecule has 0 saturated heterocycles. The Labute approximate surface area is 197 Å². The van der Waals surface area contributed by atoms with Crippen molar-refractivity contribution < 1.29 is 13.9 Å². The quantitative estimate of drug-likeness (QED) is 0.357. The molecule has 3 aromatic heterocycles. The number of unbranched alkanes of at least 4 members (excludes halogenated alkanes) is 1. The summed E-state index contributed by atoms with van der Waals surface area (Å²) in [7, 11) is 0. The number of carbonyl (C=O) groups is 1. The average molecular weight is 484 g/mol. The van der Waals surface area contributed by atoms with Crippen LogP contribution in [0.5, 0.6) is 0 Å². The van der Waals surface area contributed by atoms with Crippen LogP contribution in [-0.2, 0) is 35.8 Å². The molecule has 1 aromatic carbocycles. The molecule has 35 heavy (non-hydrogen) atoms. The Morgan fingerprint density at radius 3 is 2.66 bits per heavy atom. The summed E-state index contributed by atoms with van der Waals surface area (Å²) in [4.78, 5) is 60.9. The zero-order valence-electron chi connectivity index (χ0n) is 19.4. The first-order valence-corrected chi connectivity index (χ1v) is 11.4. The smallest absolute Gasteiger partial charge is 0.330 e. The van der Waals surface area contributed by atoms with E-state index in [1.807, 2.05) is 13.8 Å². The van der Waals surface area contributed by atoms with Crippen LogP contribution in [0.1, 0.15) is 38.9 Å². The van der Waals surface area contributed by atoms with E-state index in [0.717, 1.165) is 23.5 Å². The lowest BCUT2D eigenvalue weighted by atomic mass is 10.2. The molecule has 11 nitrogen and oxygen atoms in total. The summed E-state index contributed by atoms with van der Waals surface area (Å²) >= 11 is 0. The second-order valence-corrected chi connectivity index (χ2v) is 8.12. The van der Waals surface area contributed by atoms with Crippen LogP contribution in [0.2, 0.25) is 0 Å². The molecule has 0 atom stereocenters. The fraction of sp³-hybridized carbons (Fsp3) is 0.391. The normalized spacial score (nSPS) is 11.4. The Bertz CT molecular complexity index is 1580. The molecule has 12 heteroatoms. The van der Waals surface area contributed by atoms with Crippen molar-refractivity contribution in [2.45, 2.75) is 59.4 Å². The van der Waals surface area contributed by atoms with Gasteiger partial charge in [0.25, 0.3) is 11.1 Å². The predicted octanol–water partition coefficient (Wildman–Crippen LogP) is 1.69. The maximum Gasteiger partial charge on any atom is 0.330 e. The van der Waals surface area contributed by atoms with Gasteiger partial charge >= 0.3 is 11.7 Å². The highest BCUT2D eigenvalue weighted by atomic mass is 19.1. The number of aromatic nitrogens is 6. The lowest BCUT2D eigenvalue weighted by Crippen LogP contribution is -2.31. The van der Waals surface area contributed by atoms with Gasteiger partial charge in [0, 0.05) is 13.1 Å². The van der Waals surface area contributed by atoms with E-state index < -0.39 is 35.1 Å². The van der Waals surface area contributed by atoms with Crippen molar-refractivity contribution >= 4 is 28.0 Å². The number of imidazole rings is 1. The maximum absolute atomic E-state index is 13.5. The number of nitrogens with zero attached hydrogens (tertiary/aromatic N) is 5. The molecule has 0 aliphatic carbocycles. The third-order valence-corrected chi connectivity index (χ3v) is 5.59. The van der Waals surface area contributed by atoms with Crippen molar-refractivity contribution in [1.82, 2.24) is 28.7 Å². The number of ether oxygens (including phenoxy) is 1. The van der Waals surface area contributed by atoms with E-state index in [9.17, 15) is 23.6 Å². The molecule has 0 aliphatic heterocycles. The first-order chi connectivity index (χ1) is 16.8. The van der Waals surface area contributed by atoms with E-state index in [2.05, 4.69) is 15.0 Å². The Balaban J connectivity index is 1.61. The number of nitrogens with one attached hydrogen (secondary N) is 1. The minimum absolute atomic E-state index is 0.0503. The number of H-pyrrole nitrogens is 1. The highest BCUT2D eigenvalue weighted by molar-refractivity contribution is 5.78. The number of aromatic amines is 1. The monoisotopic (exact) mass is 484 g/mol. The maximum atomic E-state index is 13.5. The molecule has 0 fully saturated rings. The SMILES string of the molecule is CCCCn1c(=O)[nH]c(=O)c2c1nc(COC(=O)Cn1cnc3ccc(F)cc3c1=O)n2CCC. The van der Waals surface area contributed by atoms with Gasteiger partial charge in [0.05, 0.1) is 17.2 Å². The number of hydrogen-bond acceptors (Lipinski definition) is 7. The van der Waals surface area contributed by atoms with Gasteiger partial charge in [-0.1, -0.05) is 20.3 Å². The fourth-order valence-corrected chi connectivity index (χ4v) is 3.89. The first kappa shape index (κ1) is 24.0. The second kappa shape index (κ2) is 10.0. The van der Waals surface area contributed by atoms with Gasteiger partial charge in [0.2, 0.25) is 0 Å². The molecule has 184 valence electrons. The standard InChI is InChI=1S/C23H25FN6O5/c1-3-5-9-30-20-19(21(32)27-23(30)34)29(8-4-2)17(26-20)12-35-18(31)11-28-13-25-16-7-6-14(24)10-15(16)22(28)33/h6-7,10,13H,3-5,8-9,11-12H2,1-2H3,(H,27,32,34). The summed E-state index contributed by atoms with van der Waals surface area (Å²) in [6.07, 6.45) is 3.45. The molecule has 4 rings (SSSR count). The van der Waals surface area contributed by atoms with E-state index in [4.69, 9.17) is 4.74 Å². The van der Waals surface area contributed by atoms with Crippen molar-refractivity contribution in [3.05, 3.63) is 67.4 Å². The van der Waals surface area contributed by atoms with E-state index >= 15 is 0 Å². The molecule has 0 radical (unpaired) electrons. The van der Waals surface area contributed by atoms with Crippen molar-refractivity contribution in [2.75, 3.05) is 0 Å². The lowest BCUT2D eigenvalue weighted by molar-refractivity contribution is -0.146. The minimum atomic E-state index is -0.739. The molecule has 0 spiro atoms. The largest absolute Gasteiger partial charge is 0.456 e. The molecule has 4 aromatic rings. The van der Waals surface area contributed by atoms with Crippen LogP contribution in [0.3, 0.4) is 0 Å². The predicted molar refractivity (Wildman–Crippen MR) is 126 cm³/mol. The number of carbonyl (C=O) groups excluding carboxylic acids is 1. The highest BCUT2D eigenvalue weighted by Gasteiger charge is 2.19. The Morgan fingerprint density at radius 2 is 1.91 bits per heavy atom. The third-order valence-electron chi connectivity index (χ3n) is 5.59. The molecule has 0 unspecified atom stereocenters. The average Bonchev–Trinajstić information content (AvgIpc) is 3.18. The number of benzene rings is 1. The van der Waals surface area contributed by atoms with E-state index in [0.29, 0.717) is 30.9 Å². The number of aryl methyl sites for hydroxylation is 2. The number of halogens is 1. The van der Waals surface area contributed by atoms with Crippen LogP contribution in [0.25, 0.3) is 22.1 Å². The van der Waals surface area contributed by atoms with Gasteiger partial charge in [-0.25, -0.2) is 19.2 Å². The first-order valence-electron chi connectivity index (χ1n) is 11.4. The number of hydrogen-bond donors (Lipinski definition) is 1. The van der Waals surface area contributed by atoms with E-state index in [1.165, 1.54) is 23.0 Å². The molecule has 0 saturated carbocycles. The van der Waals surface area contributed by atoms with Crippen LogP contribution in [-0.4, -0.2) is 34.6 Å². The summed E-state index contributed by atoms with van der Waals surface area (Å²) in [5.41, 5.74) is -0.878. The Morgan fingerprint density at radius 1 is 1.11 bits per heavy atom. The van der Waals surface area contributed by atoms with Crippen LogP contribution >= 0.6 is 0 Å². The van der Waals surface area contributed by atoms with Crippen molar-refractivity contribution in [3.8, 4) is 0 Å². The summed E-state index contributed by atoms with van der Waals surface area (Å²) in [5.74, 6) is -1.02. The Kier molecular flexibility index (Phi) is 6.90. The summed E-state index contributed by atoms with van der Waals surface area (Å²) in [6.45, 7) is 4.03. The van der Waals surface area contributed by atoms with Gasteiger partial charge in [-0.3, -0.25) is 28.5 Å². The van der Waals surface area contributed by atoms with Gasteiger partial charge in [0.15, 0.2) is 11.2 Å². The van der Waals surface area contributed by atoms with Gasteiger partial charge in [-0.05, 0) is 31.0 Å². The van der Waals surface area contributed by atoms with Crippen LogP contribution in [0, 0.1) is 5.82 Å². The topological polar surface area (TPSA) is 134 Å².